The van der Waals surface area contributed by atoms with Gasteiger partial charge in [0.15, 0.2) is 0 Å². The van der Waals surface area contributed by atoms with Crippen LogP contribution in [0.5, 0.6) is 0 Å². The van der Waals surface area contributed by atoms with E-state index in [1.54, 1.807) is 36.4 Å². The Morgan fingerprint density at radius 2 is 1.41 bits per heavy atom. The van der Waals surface area contributed by atoms with Crippen LogP contribution in [0.4, 0.5) is 0 Å². The van der Waals surface area contributed by atoms with Gasteiger partial charge in [-0.2, -0.15) is 0 Å². The van der Waals surface area contributed by atoms with Crippen molar-refractivity contribution in [3.05, 3.63) is 69.7 Å². The molecule has 0 aromatic heterocycles. The summed E-state index contributed by atoms with van der Waals surface area (Å²) in [6.07, 6.45) is 0. The van der Waals surface area contributed by atoms with Crippen LogP contribution in [-0.2, 0) is 0 Å². The van der Waals surface area contributed by atoms with Gasteiger partial charge in [0.05, 0.1) is 15.6 Å². The molecule has 0 fully saturated rings. The largest absolute Gasteiger partial charge is 0.276 e. The molecule has 27 heavy (non-hydrogen) atoms. The normalized spacial score (nSPS) is 9.74. The van der Waals surface area contributed by atoms with Gasteiger partial charge in [-0.05, 0) is 50.6 Å². The van der Waals surface area contributed by atoms with Gasteiger partial charge >= 0.3 is 0 Å². The average molecular weight is 475 g/mol. The first kappa shape index (κ1) is 28.2. The second kappa shape index (κ2) is 12.4. The second-order valence-corrected chi connectivity index (χ2v) is 7.27. The number of benzene rings is 2. The van der Waals surface area contributed by atoms with Crippen molar-refractivity contribution in [2.75, 3.05) is 0 Å². The molecular weight excluding hydrogens is 453 g/mol. The van der Waals surface area contributed by atoms with E-state index in [9.17, 15) is 9.59 Å². The van der Waals surface area contributed by atoms with E-state index in [1.807, 2.05) is 26.8 Å². The predicted molar refractivity (Wildman–Crippen MR) is 118 cm³/mol. The Balaban J connectivity index is 0. The van der Waals surface area contributed by atoms with Crippen LogP contribution < -0.4 is 5.84 Å². The molecule has 0 radical (unpaired) electrons. The minimum absolute atomic E-state index is 0. The third-order valence-electron chi connectivity index (χ3n) is 3.11. The van der Waals surface area contributed by atoms with Crippen molar-refractivity contribution in [1.82, 2.24) is 5.01 Å². The molecule has 0 aliphatic heterocycles. The summed E-state index contributed by atoms with van der Waals surface area (Å²) in [4.78, 5) is 22.4. The van der Waals surface area contributed by atoms with Crippen LogP contribution in [0.15, 0.2) is 48.5 Å². The van der Waals surface area contributed by atoms with Gasteiger partial charge in [-0.15, -0.1) is 24.8 Å². The molecule has 0 heterocycles. The number of amides is 1. The molecule has 0 aliphatic carbocycles. The van der Waals surface area contributed by atoms with Gasteiger partial charge in [-0.3, -0.25) is 14.6 Å². The van der Waals surface area contributed by atoms with Gasteiger partial charge in [-0.1, -0.05) is 53.5 Å². The highest BCUT2D eigenvalue weighted by Gasteiger charge is 2.24. The maximum atomic E-state index is 12.0. The minimum Gasteiger partial charge on any atom is -0.276 e. The van der Waals surface area contributed by atoms with Crippen LogP contribution in [0.1, 0.15) is 41.5 Å². The van der Waals surface area contributed by atoms with Crippen LogP contribution in [0, 0.1) is 0 Å². The molecule has 2 aromatic rings. The Morgan fingerprint density at radius 3 is 1.78 bits per heavy atom. The molecule has 0 bridgehead atoms. The number of hydrazine groups is 1. The Kier molecular flexibility index (Phi) is 13.0. The number of carbonyl (C=O) groups excluding carboxylic acids is 2. The monoisotopic (exact) mass is 472 g/mol. The van der Waals surface area contributed by atoms with Crippen LogP contribution in [0.3, 0.4) is 0 Å². The van der Waals surface area contributed by atoms with E-state index in [2.05, 4.69) is 0 Å². The summed E-state index contributed by atoms with van der Waals surface area (Å²) in [7, 11) is 0. The van der Waals surface area contributed by atoms with Gasteiger partial charge in [0.2, 0.25) is 0 Å². The third kappa shape index (κ3) is 9.15. The standard InChI is InChI=1S/C11H14Cl2N2O.C7H5ClO.2ClH/c1-11(2,3)15(14)10(16)7-4-5-8(12)9(13)6-7;8-7(9)6-4-2-1-3-5-6;;/h4-6H,14H2,1-3H3;1-5H;2*1H. The van der Waals surface area contributed by atoms with Crippen molar-refractivity contribution in [2.24, 2.45) is 5.84 Å². The minimum atomic E-state index is -0.441. The first-order chi connectivity index (χ1) is 11.5. The summed E-state index contributed by atoms with van der Waals surface area (Å²) in [6.45, 7) is 5.55. The third-order valence-corrected chi connectivity index (χ3v) is 4.07. The quantitative estimate of drug-likeness (QED) is 0.251. The van der Waals surface area contributed by atoms with E-state index in [-0.39, 0.29) is 30.7 Å². The van der Waals surface area contributed by atoms with Gasteiger partial charge in [0.25, 0.3) is 11.1 Å². The van der Waals surface area contributed by atoms with Gasteiger partial charge in [0.1, 0.15) is 0 Å². The van der Waals surface area contributed by atoms with Crippen LogP contribution in [0.25, 0.3) is 0 Å². The van der Waals surface area contributed by atoms with Crippen LogP contribution >= 0.6 is 59.6 Å². The highest BCUT2D eigenvalue weighted by atomic mass is 35.5. The topological polar surface area (TPSA) is 63.4 Å². The van der Waals surface area contributed by atoms with Crippen molar-refractivity contribution in [3.8, 4) is 0 Å². The molecule has 2 rings (SSSR count). The fourth-order valence-corrected chi connectivity index (χ4v) is 2.07. The highest BCUT2D eigenvalue weighted by Crippen LogP contribution is 2.24. The number of carbonyl (C=O) groups is 2. The molecule has 0 saturated heterocycles. The first-order valence-corrected chi connectivity index (χ1v) is 8.46. The van der Waals surface area contributed by atoms with Gasteiger partial charge < -0.3 is 0 Å². The molecule has 0 aliphatic rings. The number of rotatable bonds is 2. The molecular formula is C18H21Cl5N2O2. The van der Waals surface area contributed by atoms with E-state index in [0.717, 1.165) is 0 Å². The Hall–Kier alpha value is -1.01. The number of nitrogens with two attached hydrogens (primary N) is 1. The Morgan fingerprint density at radius 1 is 0.889 bits per heavy atom. The molecule has 0 saturated carbocycles. The Bertz CT molecular complexity index is 749. The fourth-order valence-electron chi connectivity index (χ4n) is 1.64. The summed E-state index contributed by atoms with van der Waals surface area (Å²) >= 11 is 16.8. The van der Waals surface area contributed by atoms with Crippen molar-refractivity contribution in [1.29, 1.82) is 0 Å². The number of nitrogens with zero attached hydrogens (tertiary/aromatic N) is 1. The summed E-state index contributed by atoms with van der Waals surface area (Å²) in [5, 5.41) is 1.52. The summed E-state index contributed by atoms with van der Waals surface area (Å²) in [6, 6.07) is 13.4. The number of hydrogen-bond donors (Lipinski definition) is 1. The Labute approximate surface area is 186 Å². The predicted octanol–water partition coefficient (Wildman–Crippen LogP) is 6.02. The molecule has 4 nitrogen and oxygen atoms in total. The molecule has 150 valence electrons. The summed E-state index contributed by atoms with van der Waals surface area (Å²) in [5.41, 5.74) is 0.523. The zero-order valence-corrected chi connectivity index (χ0v) is 18.8. The number of halogens is 5. The van der Waals surface area contributed by atoms with Crippen LogP contribution in [-0.4, -0.2) is 21.7 Å². The maximum absolute atomic E-state index is 12.0. The summed E-state index contributed by atoms with van der Waals surface area (Å²) in [5.74, 6) is 5.44. The molecule has 0 spiro atoms. The smallest absolute Gasteiger partial charge is 0.268 e. The summed E-state index contributed by atoms with van der Waals surface area (Å²) < 4.78 is 0. The van der Waals surface area contributed by atoms with Crippen molar-refractivity contribution >= 4 is 70.8 Å². The van der Waals surface area contributed by atoms with E-state index in [1.165, 1.54) is 11.1 Å². The SMILES string of the molecule is CC(C)(C)N(N)C(=O)c1ccc(Cl)c(Cl)c1.Cl.Cl.O=C(Cl)c1ccccc1. The highest BCUT2D eigenvalue weighted by molar-refractivity contribution is 6.67. The van der Waals surface area contributed by atoms with Gasteiger partial charge in [-0.25, -0.2) is 5.84 Å². The lowest BCUT2D eigenvalue weighted by atomic mass is 10.1. The van der Waals surface area contributed by atoms with Crippen molar-refractivity contribution in [2.45, 2.75) is 26.3 Å². The van der Waals surface area contributed by atoms with E-state index < -0.39 is 10.8 Å². The molecule has 2 N–H and O–H groups in total. The van der Waals surface area contributed by atoms with E-state index in [0.29, 0.717) is 21.2 Å². The lowest BCUT2D eigenvalue weighted by Crippen LogP contribution is -2.50. The van der Waals surface area contributed by atoms with Crippen molar-refractivity contribution < 1.29 is 9.59 Å². The zero-order valence-electron chi connectivity index (χ0n) is 14.9. The van der Waals surface area contributed by atoms with E-state index in [4.69, 9.17) is 40.6 Å². The van der Waals surface area contributed by atoms with Crippen molar-refractivity contribution in [3.63, 3.8) is 0 Å². The van der Waals surface area contributed by atoms with E-state index >= 15 is 0 Å². The average Bonchev–Trinajstić information content (AvgIpc) is 2.56. The molecule has 1 amide bonds. The lowest BCUT2D eigenvalue weighted by molar-refractivity contribution is 0.0581. The van der Waals surface area contributed by atoms with Crippen LogP contribution in [0.2, 0.25) is 10.0 Å². The zero-order chi connectivity index (χ0) is 19.2. The lowest BCUT2D eigenvalue weighted by Gasteiger charge is -2.31. The number of hydrogen-bond acceptors (Lipinski definition) is 3. The second-order valence-electron chi connectivity index (χ2n) is 6.11. The molecule has 2 aromatic carbocycles. The fraction of sp³-hybridized carbons (Fsp3) is 0.222. The molecule has 0 unspecified atom stereocenters. The molecule has 0 atom stereocenters. The molecule has 9 heteroatoms. The maximum Gasteiger partial charge on any atom is 0.268 e. The first-order valence-electron chi connectivity index (χ1n) is 7.33. The van der Waals surface area contributed by atoms with Gasteiger partial charge in [0, 0.05) is 11.1 Å².